The summed E-state index contributed by atoms with van der Waals surface area (Å²) in [5.41, 5.74) is -2.15. The van der Waals surface area contributed by atoms with Gasteiger partial charge in [0.15, 0.2) is 0 Å². The zero-order valence-corrected chi connectivity index (χ0v) is 9.35. The van der Waals surface area contributed by atoms with Crippen molar-refractivity contribution in [1.82, 2.24) is 5.32 Å². The van der Waals surface area contributed by atoms with Gasteiger partial charge < -0.3 is 10.4 Å². The summed E-state index contributed by atoms with van der Waals surface area (Å²) in [4.78, 5) is 31.0. The van der Waals surface area contributed by atoms with E-state index in [2.05, 4.69) is 0 Å². The van der Waals surface area contributed by atoms with Crippen molar-refractivity contribution in [3.05, 3.63) is 39.4 Å². The fourth-order valence-electron chi connectivity index (χ4n) is 1.26. The highest BCUT2D eigenvalue weighted by molar-refractivity contribution is 5.95. The molecule has 0 atom stereocenters. The number of nitro groups is 1. The van der Waals surface area contributed by atoms with Gasteiger partial charge >= 0.3 is 11.7 Å². The number of hydrogen-bond donors (Lipinski definition) is 2. The van der Waals surface area contributed by atoms with Crippen molar-refractivity contribution in [2.24, 2.45) is 0 Å². The maximum absolute atomic E-state index is 13.6. The molecule has 7 nitrogen and oxygen atoms in total. The predicted octanol–water partition coefficient (Wildman–Crippen LogP) is 1.08. The lowest BCUT2D eigenvalue weighted by molar-refractivity contribution is -0.387. The lowest BCUT2D eigenvalue weighted by Crippen LogP contribution is -2.28. The first-order valence-corrected chi connectivity index (χ1v) is 4.97. The molecular formula is C10H8F2N2O5. The second-order valence-electron chi connectivity index (χ2n) is 3.41. The van der Waals surface area contributed by atoms with Crippen LogP contribution >= 0.6 is 0 Å². The van der Waals surface area contributed by atoms with E-state index >= 15 is 0 Å². The minimum Gasteiger partial charge on any atom is -0.481 e. The van der Waals surface area contributed by atoms with Crippen molar-refractivity contribution in [2.45, 2.75) is 6.42 Å². The minimum absolute atomic E-state index is 0.351. The molecule has 0 aromatic heterocycles. The van der Waals surface area contributed by atoms with Crippen LogP contribution in [0.2, 0.25) is 0 Å². The van der Waals surface area contributed by atoms with Crippen molar-refractivity contribution in [2.75, 3.05) is 6.54 Å². The molecule has 0 saturated heterocycles. The molecule has 1 aromatic carbocycles. The smallest absolute Gasteiger partial charge is 0.305 e. The van der Waals surface area contributed by atoms with Gasteiger partial charge in [-0.2, -0.15) is 4.39 Å². The third kappa shape index (κ3) is 3.44. The van der Waals surface area contributed by atoms with Crippen LogP contribution in [0.15, 0.2) is 12.1 Å². The first-order chi connectivity index (χ1) is 8.84. The molecule has 0 bridgehead atoms. The highest BCUT2D eigenvalue weighted by Crippen LogP contribution is 2.22. The molecule has 2 N–H and O–H groups in total. The Hall–Kier alpha value is -2.58. The number of carbonyl (C=O) groups is 2. The molecule has 0 aliphatic rings. The molecule has 0 aliphatic carbocycles. The van der Waals surface area contributed by atoms with Gasteiger partial charge in [0.25, 0.3) is 5.91 Å². The third-order valence-corrected chi connectivity index (χ3v) is 2.12. The lowest BCUT2D eigenvalue weighted by Gasteiger charge is -2.06. The van der Waals surface area contributed by atoms with Crippen LogP contribution in [0.25, 0.3) is 0 Å². The molecule has 1 rings (SSSR count). The number of carbonyl (C=O) groups excluding carboxylic acids is 1. The largest absolute Gasteiger partial charge is 0.481 e. The van der Waals surface area contributed by atoms with E-state index in [0.717, 1.165) is 0 Å². The zero-order chi connectivity index (χ0) is 14.6. The number of aliphatic carboxylic acids is 1. The fourth-order valence-corrected chi connectivity index (χ4v) is 1.26. The minimum atomic E-state index is -1.60. The van der Waals surface area contributed by atoms with Gasteiger partial charge in [-0.15, -0.1) is 0 Å². The predicted molar refractivity (Wildman–Crippen MR) is 57.6 cm³/mol. The number of nitrogens with one attached hydrogen (secondary N) is 1. The first kappa shape index (κ1) is 14.5. The maximum Gasteiger partial charge on any atom is 0.305 e. The summed E-state index contributed by atoms with van der Waals surface area (Å²) in [7, 11) is 0. The van der Waals surface area contributed by atoms with E-state index in [1.807, 2.05) is 5.32 Å². The van der Waals surface area contributed by atoms with E-state index < -0.39 is 46.1 Å². The highest BCUT2D eigenvalue weighted by atomic mass is 19.1. The summed E-state index contributed by atoms with van der Waals surface area (Å²) in [6.45, 7) is -0.351. The molecule has 9 heteroatoms. The molecule has 0 radical (unpaired) electrons. The summed E-state index contributed by atoms with van der Waals surface area (Å²) in [6.07, 6.45) is -0.441. The summed E-state index contributed by atoms with van der Waals surface area (Å²) in [5, 5.41) is 20.7. The van der Waals surface area contributed by atoms with Gasteiger partial charge in [-0.05, 0) is 6.07 Å². The third-order valence-electron chi connectivity index (χ3n) is 2.12. The van der Waals surface area contributed by atoms with Crippen LogP contribution in [0.3, 0.4) is 0 Å². The summed E-state index contributed by atoms with van der Waals surface area (Å²) >= 11 is 0. The number of nitro benzene ring substituents is 1. The quantitative estimate of drug-likeness (QED) is 0.616. The van der Waals surface area contributed by atoms with Crippen LogP contribution in [-0.2, 0) is 4.79 Å². The molecule has 1 aromatic rings. The van der Waals surface area contributed by atoms with Crippen molar-refractivity contribution in [3.8, 4) is 0 Å². The van der Waals surface area contributed by atoms with Crippen LogP contribution in [-0.4, -0.2) is 28.5 Å². The van der Waals surface area contributed by atoms with E-state index in [9.17, 15) is 28.5 Å². The Labute approximate surface area is 105 Å². The monoisotopic (exact) mass is 274 g/mol. The Kier molecular flexibility index (Phi) is 4.46. The van der Waals surface area contributed by atoms with Crippen molar-refractivity contribution < 1.29 is 28.4 Å². The van der Waals surface area contributed by atoms with Crippen molar-refractivity contribution in [1.29, 1.82) is 0 Å². The van der Waals surface area contributed by atoms with Crippen molar-refractivity contribution >= 4 is 17.6 Å². The molecule has 0 fully saturated rings. The fraction of sp³-hybridized carbons (Fsp3) is 0.200. The van der Waals surface area contributed by atoms with Gasteiger partial charge in [0, 0.05) is 12.6 Å². The van der Waals surface area contributed by atoms with Crippen molar-refractivity contribution in [3.63, 3.8) is 0 Å². The standard InChI is InChI=1S/C10H8F2N2O5/c11-5-1-2-6(14(18)19)9(12)8(5)10(17)13-4-3-7(15)16/h1-2H,3-4H2,(H,13,17)(H,15,16). The van der Waals surface area contributed by atoms with E-state index in [1.165, 1.54) is 0 Å². The van der Waals surface area contributed by atoms with Gasteiger partial charge in [0.1, 0.15) is 11.4 Å². The highest BCUT2D eigenvalue weighted by Gasteiger charge is 2.25. The van der Waals surface area contributed by atoms with Crippen LogP contribution in [0, 0.1) is 21.7 Å². The molecule has 0 aliphatic heterocycles. The topological polar surface area (TPSA) is 110 Å². The molecule has 0 saturated carbocycles. The summed E-state index contributed by atoms with van der Waals surface area (Å²) in [6, 6.07) is 1.19. The van der Waals surface area contributed by atoms with Crippen LogP contribution in [0.4, 0.5) is 14.5 Å². The Morgan fingerprint density at radius 2 is 2.00 bits per heavy atom. The second kappa shape index (κ2) is 5.85. The number of nitrogens with zero attached hydrogens (tertiary/aromatic N) is 1. The maximum atomic E-state index is 13.6. The van der Waals surface area contributed by atoms with Crippen LogP contribution in [0.5, 0.6) is 0 Å². The number of amides is 1. The average Bonchev–Trinajstić information content (AvgIpc) is 2.27. The molecule has 0 spiro atoms. The first-order valence-electron chi connectivity index (χ1n) is 4.97. The molecule has 19 heavy (non-hydrogen) atoms. The Balaban J connectivity index is 2.99. The van der Waals surface area contributed by atoms with Crippen LogP contribution < -0.4 is 5.32 Å². The van der Waals surface area contributed by atoms with Gasteiger partial charge in [0.05, 0.1) is 11.3 Å². The average molecular weight is 274 g/mol. The molecular weight excluding hydrogens is 266 g/mol. The molecule has 1 amide bonds. The van der Waals surface area contributed by atoms with Crippen LogP contribution in [0.1, 0.15) is 16.8 Å². The Morgan fingerprint density at radius 1 is 1.37 bits per heavy atom. The summed E-state index contributed by atoms with van der Waals surface area (Å²) < 4.78 is 26.9. The van der Waals surface area contributed by atoms with Gasteiger partial charge in [-0.3, -0.25) is 19.7 Å². The normalized spacial score (nSPS) is 10.0. The number of rotatable bonds is 5. The summed E-state index contributed by atoms with van der Waals surface area (Å²) in [5.74, 6) is -5.33. The van der Waals surface area contributed by atoms with E-state index in [0.29, 0.717) is 12.1 Å². The number of benzene rings is 1. The Morgan fingerprint density at radius 3 is 2.53 bits per heavy atom. The Bertz CT molecular complexity index is 547. The number of halogens is 2. The lowest BCUT2D eigenvalue weighted by atomic mass is 10.1. The number of hydrogen-bond acceptors (Lipinski definition) is 4. The zero-order valence-electron chi connectivity index (χ0n) is 9.35. The van der Waals surface area contributed by atoms with Gasteiger partial charge in [-0.25, -0.2) is 4.39 Å². The SMILES string of the molecule is O=C(O)CCNC(=O)c1c(F)ccc([N+](=O)[O-])c1F. The van der Waals surface area contributed by atoms with Gasteiger partial charge in [0.2, 0.25) is 5.82 Å². The van der Waals surface area contributed by atoms with E-state index in [-0.39, 0.29) is 6.54 Å². The second-order valence-corrected chi connectivity index (χ2v) is 3.41. The number of carboxylic acid groups (broad SMARTS) is 1. The number of carboxylic acids is 1. The van der Waals surface area contributed by atoms with E-state index in [1.54, 1.807) is 0 Å². The molecule has 0 unspecified atom stereocenters. The molecule has 0 heterocycles. The molecule has 102 valence electrons. The van der Waals surface area contributed by atoms with Gasteiger partial charge in [-0.1, -0.05) is 0 Å². The van der Waals surface area contributed by atoms with E-state index in [4.69, 9.17) is 5.11 Å².